The lowest BCUT2D eigenvalue weighted by Crippen LogP contribution is -2.49. The summed E-state index contributed by atoms with van der Waals surface area (Å²) in [6.07, 6.45) is 3.37. The van der Waals surface area contributed by atoms with Crippen molar-refractivity contribution in [3.05, 3.63) is 65.5 Å². The quantitative estimate of drug-likeness (QED) is 0.703. The predicted molar refractivity (Wildman–Crippen MR) is 108 cm³/mol. The van der Waals surface area contributed by atoms with Gasteiger partial charge in [-0.15, -0.1) is 0 Å². The van der Waals surface area contributed by atoms with Crippen LogP contribution in [0, 0.1) is 20.8 Å². The molecule has 1 saturated heterocycles. The lowest BCUT2D eigenvalue weighted by molar-refractivity contribution is 0.0746. The molecule has 3 aromatic rings. The van der Waals surface area contributed by atoms with Gasteiger partial charge in [0.1, 0.15) is 24.3 Å². The molecule has 28 heavy (non-hydrogen) atoms. The van der Waals surface area contributed by atoms with Crippen LogP contribution in [0.15, 0.2) is 43.0 Å². The van der Waals surface area contributed by atoms with Gasteiger partial charge in [-0.1, -0.05) is 17.7 Å². The van der Waals surface area contributed by atoms with Gasteiger partial charge in [0.2, 0.25) is 0 Å². The molecule has 1 aliphatic rings. The number of hydrogen-bond donors (Lipinski definition) is 0. The fourth-order valence-corrected chi connectivity index (χ4v) is 3.47. The van der Waals surface area contributed by atoms with Crippen molar-refractivity contribution in [2.45, 2.75) is 20.8 Å². The molecule has 1 amide bonds. The monoisotopic (exact) mass is 376 g/mol. The smallest absolute Gasteiger partial charge is 0.253 e. The number of aryl methyl sites for hydroxylation is 2. The summed E-state index contributed by atoms with van der Waals surface area (Å²) in [5.41, 5.74) is 3.91. The molecule has 0 saturated carbocycles. The summed E-state index contributed by atoms with van der Waals surface area (Å²) in [6.45, 7) is 8.86. The van der Waals surface area contributed by atoms with E-state index < -0.39 is 0 Å². The molecule has 0 unspecified atom stereocenters. The molecule has 7 nitrogen and oxygen atoms in total. The summed E-state index contributed by atoms with van der Waals surface area (Å²) in [5.74, 6) is 1.77. The molecule has 0 atom stereocenters. The van der Waals surface area contributed by atoms with Crippen molar-refractivity contribution in [1.82, 2.24) is 24.4 Å². The van der Waals surface area contributed by atoms with Gasteiger partial charge in [0.05, 0.1) is 5.69 Å². The highest BCUT2D eigenvalue weighted by Crippen LogP contribution is 2.19. The van der Waals surface area contributed by atoms with Crippen molar-refractivity contribution >= 4 is 11.7 Å². The molecule has 0 radical (unpaired) electrons. The number of rotatable bonds is 3. The van der Waals surface area contributed by atoms with Gasteiger partial charge in [-0.25, -0.2) is 15.0 Å². The van der Waals surface area contributed by atoms with Gasteiger partial charge >= 0.3 is 0 Å². The molecule has 0 aliphatic carbocycles. The minimum absolute atomic E-state index is 0.0937. The summed E-state index contributed by atoms with van der Waals surface area (Å²) in [5, 5.41) is 0. The van der Waals surface area contributed by atoms with Gasteiger partial charge in [0, 0.05) is 43.5 Å². The summed E-state index contributed by atoms with van der Waals surface area (Å²) in [4.78, 5) is 30.0. The lowest BCUT2D eigenvalue weighted by atomic mass is 10.1. The first-order valence-electron chi connectivity index (χ1n) is 9.47. The standard InChI is InChI=1S/C21H24N6O/c1-15-5-4-6-18(11-15)21(28)26-9-7-25(8-10-26)19-12-20(23-13-22-19)27-14-24-16(2)17(27)3/h4-6,11-14H,7-10H2,1-3H3. The number of hydrogen-bond acceptors (Lipinski definition) is 5. The lowest BCUT2D eigenvalue weighted by Gasteiger charge is -2.35. The van der Waals surface area contributed by atoms with Gasteiger partial charge in [0.25, 0.3) is 5.91 Å². The van der Waals surface area contributed by atoms with Crippen LogP contribution in [-0.4, -0.2) is 56.5 Å². The summed E-state index contributed by atoms with van der Waals surface area (Å²) in [7, 11) is 0. The van der Waals surface area contributed by atoms with Crippen LogP contribution in [0.5, 0.6) is 0 Å². The van der Waals surface area contributed by atoms with Gasteiger partial charge < -0.3 is 9.80 Å². The number of amides is 1. The Labute approximate surface area is 164 Å². The van der Waals surface area contributed by atoms with Crippen molar-refractivity contribution in [3.8, 4) is 5.82 Å². The van der Waals surface area contributed by atoms with E-state index in [0.29, 0.717) is 13.1 Å². The van der Waals surface area contributed by atoms with E-state index in [-0.39, 0.29) is 5.91 Å². The number of carbonyl (C=O) groups is 1. The van der Waals surface area contributed by atoms with Gasteiger partial charge in [-0.3, -0.25) is 9.36 Å². The third-order valence-corrected chi connectivity index (χ3v) is 5.29. The Hall–Kier alpha value is -3.22. The molecule has 2 aromatic heterocycles. The predicted octanol–water partition coefficient (Wildman–Crippen LogP) is 2.55. The molecular weight excluding hydrogens is 352 g/mol. The summed E-state index contributed by atoms with van der Waals surface area (Å²) < 4.78 is 1.97. The number of benzene rings is 1. The molecule has 144 valence electrons. The molecule has 3 heterocycles. The topological polar surface area (TPSA) is 67.2 Å². The van der Waals surface area contributed by atoms with E-state index in [9.17, 15) is 4.79 Å². The molecule has 1 aliphatic heterocycles. The van der Waals surface area contributed by atoms with E-state index in [4.69, 9.17) is 0 Å². The third-order valence-electron chi connectivity index (χ3n) is 5.29. The SMILES string of the molecule is Cc1cccc(C(=O)N2CCN(c3cc(-n4cnc(C)c4C)ncn3)CC2)c1. The average Bonchev–Trinajstić information content (AvgIpc) is 3.06. The van der Waals surface area contributed by atoms with Crippen molar-refractivity contribution < 1.29 is 4.79 Å². The number of piperazine rings is 1. The van der Waals surface area contributed by atoms with Crippen molar-refractivity contribution in [2.24, 2.45) is 0 Å². The zero-order valence-corrected chi connectivity index (χ0v) is 16.5. The normalized spacial score (nSPS) is 14.4. The molecule has 1 fully saturated rings. The van der Waals surface area contributed by atoms with Crippen LogP contribution in [0.4, 0.5) is 5.82 Å². The number of nitrogens with zero attached hydrogens (tertiary/aromatic N) is 6. The second kappa shape index (κ2) is 7.42. The highest BCUT2D eigenvalue weighted by Gasteiger charge is 2.23. The molecule has 7 heteroatoms. The third kappa shape index (κ3) is 3.47. The zero-order valence-electron chi connectivity index (χ0n) is 16.5. The second-order valence-electron chi connectivity index (χ2n) is 7.17. The van der Waals surface area contributed by atoms with Crippen LogP contribution in [0.2, 0.25) is 0 Å². The van der Waals surface area contributed by atoms with E-state index in [1.54, 1.807) is 12.7 Å². The molecule has 1 aromatic carbocycles. The van der Waals surface area contributed by atoms with Gasteiger partial charge in [-0.2, -0.15) is 0 Å². The van der Waals surface area contributed by atoms with Crippen molar-refractivity contribution in [3.63, 3.8) is 0 Å². The Bertz CT molecular complexity index is 1000. The van der Waals surface area contributed by atoms with Gasteiger partial charge in [-0.05, 0) is 32.9 Å². The maximum Gasteiger partial charge on any atom is 0.253 e. The Morgan fingerprint density at radius 3 is 2.36 bits per heavy atom. The molecular formula is C21H24N6O. The first-order valence-corrected chi connectivity index (χ1v) is 9.47. The van der Waals surface area contributed by atoms with Crippen molar-refractivity contribution in [1.29, 1.82) is 0 Å². The average molecular weight is 376 g/mol. The van der Waals surface area contributed by atoms with E-state index in [0.717, 1.165) is 47.2 Å². The van der Waals surface area contributed by atoms with E-state index in [1.807, 2.05) is 60.6 Å². The fourth-order valence-electron chi connectivity index (χ4n) is 3.47. The fraction of sp³-hybridized carbons (Fsp3) is 0.333. The number of anilines is 1. The van der Waals surface area contributed by atoms with Gasteiger partial charge in [0.15, 0.2) is 0 Å². The van der Waals surface area contributed by atoms with Crippen LogP contribution < -0.4 is 4.90 Å². The maximum atomic E-state index is 12.7. The Morgan fingerprint density at radius 2 is 1.68 bits per heavy atom. The number of aromatic nitrogens is 4. The largest absolute Gasteiger partial charge is 0.353 e. The van der Waals surface area contributed by atoms with Crippen LogP contribution >= 0.6 is 0 Å². The minimum atomic E-state index is 0.0937. The number of imidazole rings is 1. The molecule has 4 rings (SSSR count). The Kier molecular flexibility index (Phi) is 4.81. The van der Waals surface area contributed by atoms with Crippen molar-refractivity contribution in [2.75, 3.05) is 31.1 Å². The summed E-state index contributed by atoms with van der Waals surface area (Å²) >= 11 is 0. The summed E-state index contributed by atoms with van der Waals surface area (Å²) in [6, 6.07) is 9.74. The van der Waals surface area contributed by atoms with E-state index in [1.165, 1.54) is 0 Å². The van der Waals surface area contributed by atoms with E-state index in [2.05, 4.69) is 19.9 Å². The molecule has 0 bridgehead atoms. The first kappa shape index (κ1) is 18.2. The highest BCUT2D eigenvalue weighted by atomic mass is 16.2. The second-order valence-corrected chi connectivity index (χ2v) is 7.17. The maximum absolute atomic E-state index is 12.7. The van der Waals surface area contributed by atoms with E-state index >= 15 is 0 Å². The van der Waals surface area contributed by atoms with Crippen LogP contribution in [-0.2, 0) is 0 Å². The zero-order chi connectivity index (χ0) is 19.7. The van der Waals surface area contributed by atoms with Crippen LogP contribution in [0.3, 0.4) is 0 Å². The minimum Gasteiger partial charge on any atom is -0.353 e. The first-order chi connectivity index (χ1) is 13.5. The van der Waals surface area contributed by atoms with Crippen LogP contribution in [0.25, 0.3) is 5.82 Å². The Balaban J connectivity index is 1.46. The molecule has 0 spiro atoms. The molecule has 0 N–H and O–H groups in total. The number of carbonyl (C=O) groups excluding carboxylic acids is 1. The Morgan fingerprint density at radius 1 is 0.929 bits per heavy atom. The van der Waals surface area contributed by atoms with Crippen LogP contribution in [0.1, 0.15) is 27.3 Å². The highest BCUT2D eigenvalue weighted by molar-refractivity contribution is 5.94.